The van der Waals surface area contributed by atoms with E-state index in [1.807, 2.05) is 0 Å². The molecule has 0 spiro atoms. The van der Waals surface area contributed by atoms with Crippen molar-refractivity contribution in [3.05, 3.63) is 52.0 Å². The van der Waals surface area contributed by atoms with Gasteiger partial charge in [0.1, 0.15) is 5.75 Å². The summed E-state index contributed by atoms with van der Waals surface area (Å²) in [5, 5.41) is 35.7. The van der Waals surface area contributed by atoms with Crippen LogP contribution >= 0.6 is 15.9 Å². The van der Waals surface area contributed by atoms with Gasteiger partial charge >= 0.3 is 6.03 Å². The van der Waals surface area contributed by atoms with E-state index in [1.165, 1.54) is 43.3 Å². The summed E-state index contributed by atoms with van der Waals surface area (Å²) in [6.45, 7) is 1.52. The molecule has 16 heteroatoms. The molecule has 2 unspecified atom stereocenters. The van der Waals surface area contributed by atoms with Crippen molar-refractivity contribution in [2.75, 3.05) is 5.32 Å². The molecular weight excluding hydrogens is 654 g/mol. The molecule has 2 saturated carbocycles. The van der Waals surface area contributed by atoms with E-state index in [2.05, 4.69) is 21.2 Å². The zero-order valence-electron chi connectivity index (χ0n) is 22.1. The Labute approximate surface area is 251 Å². The maximum absolute atomic E-state index is 13.8. The highest BCUT2D eigenvalue weighted by Gasteiger charge is 2.69. The van der Waals surface area contributed by atoms with E-state index < -0.39 is 110 Å². The van der Waals surface area contributed by atoms with Crippen molar-refractivity contribution in [1.82, 2.24) is 4.72 Å². The van der Waals surface area contributed by atoms with Crippen molar-refractivity contribution in [3.63, 3.8) is 0 Å². The molecule has 0 aliphatic heterocycles. The van der Waals surface area contributed by atoms with Gasteiger partial charge in [-0.05, 0) is 41.8 Å². The lowest BCUT2D eigenvalue weighted by atomic mass is 9.50. The SMILES string of the molecule is C[C@H]1c2ccc(NC(=O)NS(=O)(=O)c3ccc(Br)cc3)c(O)c2C(=O)C2C(=O)[C@]3(O)C(=O)C(C(N)=O)C(=O)C[C@@H]3[C@@H](O)[C@@H]21. The second-order valence-corrected chi connectivity index (χ2v) is 13.3. The van der Waals surface area contributed by atoms with E-state index >= 15 is 0 Å². The third kappa shape index (κ3) is 4.56. The van der Waals surface area contributed by atoms with Crippen LogP contribution in [0.1, 0.15) is 35.2 Å². The number of hydrogen-bond donors (Lipinski definition) is 6. The maximum atomic E-state index is 13.8. The highest BCUT2D eigenvalue weighted by molar-refractivity contribution is 9.10. The van der Waals surface area contributed by atoms with Gasteiger partial charge in [-0.2, -0.15) is 0 Å². The van der Waals surface area contributed by atoms with Gasteiger partial charge in [0.25, 0.3) is 10.0 Å². The maximum Gasteiger partial charge on any atom is 0.333 e. The number of phenolic OH excluding ortho intramolecular Hbond substituents is 1. The molecule has 0 aromatic heterocycles. The summed E-state index contributed by atoms with van der Waals surface area (Å²) in [5.41, 5.74) is 1.37. The van der Waals surface area contributed by atoms with Crippen molar-refractivity contribution < 1.29 is 52.5 Å². The molecule has 43 heavy (non-hydrogen) atoms. The van der Waals surface area contributed by atoms with E-state index in [0.717, 1.165) is 0 Å². The summed E-state index contributed by atoms with van der Waals surface area (Å²) in [6.07, 6.45) is -2.44. The van der Waals surface area contributed by atoms with Crippen molar-refractivity contribution in [1.29, 1.82) is 0 Å². The smallest absolute Gasteiger partial charge is 0.333 e. The second kappa shape index (κ2) is 10.3. The first kappa shape index (κ1) is 30.5. The number of ketones is 4. The number of aliphatic hydroxyl groups excluding tert-OH is 1. The quantitative estimate of drug-likeness (QED) is 0.187. The van der Waals surface area contributed by atoms with Gasteiger partial charge in [0, 0.05) is 22.7 Å². The van der Waals surface area contributed by atoms with Crippen LogP contribution in [0.5, 0.6) is 5.75 Å². The van der Waals surface area contributed by atoms with Crippen LogP contribution in [0, 0.1) is 23.7 Å². The number of fused-ring (bicyclic) bond motifs is 3. The van der Waals surface area contributed by atoms with Gasteiger partial charge in [-0.1, -0.05) is 28.9 Å². The monoisotopic (exact) mass is 677 g/mol. The minimum atomic E-state index is -4.33. The van der Waals surface area contributed by atoms with E-state index in [4.69, 9.17) is 5.73 Å². The van der Waals surface area contributed by atoms with Gasteiger partial charge in [0.2, 0.25) is 5.91 Å². The lowest BCUT2D eigenvalue weighted by Crippen LogP contribution is -2.72. The molecule has 14 nitrogen and oxygen atoms in total. The zero-order chi connectivity index (χ0) is 31.8. The Morgan fingerprint density at radius 3 is 2.28 bits per heavy atom. The predicted molar refractivity (Wildman–Crippen MR) is 148 cm³/mol. The Morgan fingerprint density at radius 2 is 1.67 bits per heavy atom. The molecule has 0 saturated heterocycles. The molecule has 3 aliphatic carbocycles. The molecule has 3 amide bonds. The van der Waals surface area contributed by atoms with Crippen molar-refractivity contribution >= 4 is 66.7 Å². The van der Waals surface area contributed by atoms with Crippen LogP contribution in [-0.2, 0) is 29.2 Å². The first-order chi connectivity index (χ1) is 20.0. The average molecular weight is 678 g/mol. The first-order valence-corrected chi connectivity index (χ1v) is 15.1. The number of Topliss-reactive ketones (excluding diaryl/α,β-unsaturated/α-hetero) is 4. The number of hydrogen-bond acceptors (Lipinski definition) is 11. The van der Waals surface area contributed by atoms with Crippen LogP contribution in [0.3, 0.4) is 0 Å². The van der Waals surface area contributed by atoms with E-state index in [9.17, 15) is 52.5 Å². The van der Waals surface area contributed by atoms with Gasteiger partial charge < -0.3 is 26.4 Å². The largest absolute Gasteiger partial charge is 0.505 e. The number of phenols is 1. The minimum Gasteiger partial charge on any atom is -0.505 e. The number of halogens is 1. The van der Waals surface area contributed by atoms with Gasteiger partial charge in [0.05, 0.1) is 28.2 Å². The normalized spacial score (nSPS) is 30.1. The molecule has 5 rings (SSSR count). The number of benzene rings is 2. The molecule has 0 bridgehead atoms. The van der Waals surface area contributed by atoms with Crippen molar-refractivity contribution in [3.8, 4) is 5.75 Å². The van der Waals surface area contributed by atoms with Crippen LogP contribution in [-0.4, -0.2) is 70.5 Å². The number of nitrogens with one attached hydrogen (secondary N) is 2. The Bertz CT molecular complexity index is 1740. The second-order valence-electron chi connectivity index (χ2n) is 10.7. The lowest BCUT2D eigenvalue weighted by Gasteiger charge is -2.52. The van der Waals surface area contributed by atoms with Crippen LogP contribution in [0.2, 0.25) is 0 Å². The standard InChI is InChI=1S/C27H24BrN3O11S/c1-9-12-6-7-14(30-26(39)31-43(41,42)11-4-2-10(28)3-5-11)21(34)17(12)22(35)19-16(9)20(33)13-8-15(32)18(25(29)38)23(36)27(13,40)24(19)37/h2-7,9,13,16,18-20,33-34,40H,8H2,1H3,(H2,29,38)(H2,30,31,39)/t9-,13+,16+,18?,19?,20+,27+/m0/s1. The topological polar surface area (TPSA) is 247 Å². The number of rotatable bonds is 4. The fraction of sp³-hybridized carbons (Fsp3) is 0.333. The highest BCUT2D eigenvalue weighted by atomic mass is 79.9. The third-order valence-electron chi connectivity index (χ3n) is 8.46. The van der Waals surface area contributed by atoms with Crippen molar-refractivity contribution in [2.45, 2.75) is 35.9 Å². The van der Waals surface area contributed by atoms with Crippen LogP contribution in [0.4, 0.5) is 10.5 Å². The number of aromatic hydroxyl groups is 1. The van der Waals surface area contributed by atoms with Gasteiger partial charge in [0.15, 0.2) is 34.7 Å². The molecule has 7 N–H and O–H groups in total. The van der Waals surface area contributed by atoms with E-state index in [-0.39, 0.29) is 10.5 Å². The van der Waals surface area contributed by atoms with Gasteiger partial charge in [-0.15, -0.1) is 0 Å². The predicted octanol–water partition coefficient (Wildman–Crippen LogP) is 0.132. The van der Waals surface area contributed by atoms with Crippen LogP contribution in [0.15, 0.2) is 45.8 Å². The lowest BCUT2D eigenvalue weighted by molar-refractivity contribution is -0.189. The summed E-state index contributed by atoms with van der Waals surface area (Å²) in [7, 11) is -4.33. The molecule has 0 heterocycles. The highest BCUT2D eigenvalue weighted by Crippen LogP contribution is 2.54. The average Bonchev–Trinajstić information content (AvgIpc) is 2.92. The molecule has 2 aromatic carbocycles. The fourth-order valence-electron chi connectivity index (χ4n) is 6.40. The van der Waals surface area contributed by atoms with Crippen LogP contribution < -0.4 is 15.8 Å². The third-order valence-corrected chi connectivity index (χ3v) is 10.3. The van der Waals surface area contributed by atoms with Crippen LogP contribution in [0.25, 0.3) is 0 Å². The van der Waals surface area contributed by atoms with Gasteiger partial charge in [-0.3, -0.25) is 24.0 Å². The van der Waals surface area contributed by atoms with E-state index in [0.29, 0.717) is 4.47 Å². The summed E-state index contributed by atoms with van der Waals surface area (Å²) >= 11 is 3.17. The molecular formula is C27H24BrN3O11S. The summed E-state index contributed by atoms with van der Waals surface area (Å²) in [4.78, 5) is 77.2. The zero-order valence-corrected chi connectivity index (χ0v) is 24.5. The molecule has 226 valence electrons. The molecule has 3 aliphatic rings. The fourth-order valence-corrected chi connectivity index (χ4v) is 7.57. The molecule has 2 fully saturated rings. The Morgan fingerprint density at radius 1 is 1.05 bits per heavy atom. The number of primary amides is 1. The minimum absolute atomic E-state index is 0.151. The van der Waals surface area contributed by atoms with Crippen molar-refractivity contribution in [2.24, 2.45) is 29.4 Å². The number of aliphatic hydroxyl groups is 2. The number of urea groups is 1. The number of sulfonamides is 1. The number of amides is 3. The number of carbonyl (C=O) groups is 6. The summed E-state index contributed by atoms with van der Waals surface area (Å²) in [5.74, 6) is -14.9. The molecule has 0 radical (unpaired) electrons. The van der Waals surface area contributed by atoms with Gasteiger partial charge in [-0.25, -0.2) is 17.9 Å². The van der Waals surface area contributed by atoms with E-state index in [1.54, 1.807) is 4.72 Å². The Hall–Kier alpha value is -3.99. The molecule has 2 aromatic rings. The number of anilines is 1. The summed E-state index contributed by atoms with van der Waals surface area (Å²) < 4.78 is 27.5. The number of carbonyl (C=O) groups excluding carboxylic acids is 6. The first-order valence-electron chi connectivity index (χ1n) is 12.8. The number of nitrogens with two attached hydrogens (primary N) is 1. The summed E-state index contributed by atoms with van der Waals surface area (Å²) in [6, 6.07) is 6.57. The Balaban J connectivity index is 1.49. The Kier molecular flexibility index (Phi) is 7.32. The molecule has 7 atom stereocenters.